The maximum absolute atomic E-state index is 9.92. The third-order valence-corrected chi connectivity index (χ3v) is 4.06. The molecular weight excluding hydrogens is 257 g/mol. The van der Waals surface area contributed by atoms with Gasteiger partial charge in [-0.15, -0.1) is 0 Å². The van der Waals surface area contributed by atoms with Crippen LogP contribution in [0.3, 0.4) is 0 Å². The average Bonchev–Trinajstić information content (AvgIpc) is 2.33. The van der Waals surface area contributed by atoms with E-state index in [4.69, 9.17) is 23.2 Å². The second kappa shape index (κ2) is 4.13. The van der Waals surface area contributed by atoms with Gasteiger partial charge < -0.3 is 5.11 Å². The molecule has 1 aromatic carbocycles. The highest BCUT2D eigenvalue weighted by Crippen LogP contribution is 2.35. The molecule has 1 atom stereocenters. The first kappa shape index (κ1) is 11.3. The van der Waals surface area contributed by atoms with E-state index in [-0.39, 0.29) is 0 Å². The number of aromatic nitrogens is 1. The van der Waals surface area contributed by atoms with Crippen LogP contribution in [0.2, 0.25) is 10.0 Å². The summed E-state index contributed by atoms with van der Waals surface area (Å²) in [6.07, 6.45) is 2.27. The minimum absolute atomic E-state index is 0.447. The maximum Gasteiger partial charge on any atom is 0.0962 e. The Morgan fingerprint density at radius 1 is 1.29 bits per heavy atom. The summed E-state index contributed by atoms with van der Waals surface area (Å²) in [5.74, 6) is 0. The second-order valence-electron chi connectivity index (χ2n) is 4.37. The lowest BCUT2D eigenvalue weighted by molar-refractivity contribution is 0.152. The molecule has 0 radical (unpaired) electrons. The first-order valence-electron chi connectivity index (χ1n) is 5.62. The molecule has 0 amide bonds. The zero-order valence-electron chi connectivity index (χ0n) is 9.08. The molecule has 1 aliphatic rings. The van der Waals surface area contributed by atoms with Crippen molar-refractivity contribution in [2.24, 2.45) is 0 Å². The van der Waals surface area contributed by atoms with Crippen molar-refractivity contribution in [3.8, 4) is 0 Å². The number of rotatable bonds is 0. The molecule has 2 nitrogen and oxygen atoms in total. The average molecular weight is 268 g/mol. The van der Waals surface area contributed by atoms with Crippen LogP contribution in [0.4, 0.5) is 0 Å². The molecule has 3 rings (SSSR count). The Balaban J connectivity index is 2.31. The standard InChI is InChI=1S/C13H11Cl2NO/c14-9-4-5-10-8(12(9)15)6-7-2-1-3-11(17)13(7)16-10/h4-6,11,17H,1-3H2. The zero-order chi connectivity index (χ0) is 12.0. The lowest BCUT2D eigenvalue weighted by atomic mass is 9.92. The van der Waals surface area contributed by atoms with Gasteiger partial charge in [0, 0.05) is 5.39 Å². The third-order valence-electron chi connectivity index (χ3n) is 3.24. The van der Waals surface area contributed by atoms with Crippen LogP contribution in [0, 0.1) is 0 Å². The van der Waals surface area contributed by atoms with Gasteiger partial charge in [-0.1, -0.05) is 23.2 Å². The minimum atomic E-state index is -0.447. The predicted octanol–water partition coefficient (Wildman–Crippen LogP) is 3.91. The Kier molecular flexibility index (Phi) is 2.74. The highest BCUT2D eigenvalue weighted by Gasteiger charge is 2.20. The molecule has 1 heterocycles. The monoisotopic (exact) mass is 267 g/mol. The minimum Gasteiger partial charge on any atom is -0.387 e. The summed E-state index contributed by atoms with van der Waals surface area (Å²) in [4.78, 5) is 4.51. The summed E-state index contributed by atoms with van der Waals surface area (Å²) in [5.41, 5.74) is 2.67. The lowest BCUT2D eigenvalue weighted by Crippen LogP contribution is -2.11. The summed E-state index contributed by atoms with van der Waals surface area (Å²) in [7, 11) is 0. The van der Waals surface area contributed by atoms with Crippen LogP contribution < -0.4 is 0 Å². The highest BCUT2D eigenvalue weighted by molar-refractivity contribution is 6.45. The van der Waals surface area contributed by atoms with Gasteiger partial charge in [0.1, 0.15) is 0 Å². The number of halogens is 2. The van der Waals surface area contributed by atoms with Gasteiger partial charge in [0.2, 0.25) is 0 Å². The number of pyridine rings is 1. The Morgan fingerprint density at radius 3 is 2.94 bits per heavy atom. The molecule has 4 heteroatoms. The van der Waals surface area contributed by atoms with Crippen LogP contribution in [-0.4, -0.2) is 10.1 Å². The van der Waals surface area contributed by atoms with Gasteiger partial charge in [-0.05, 0) is 43.0 Å². The largest absolute Gasteiger partial charge is 0.387 e. The van der Waals surface area contributed by atoms with Crippen molar-refractivity contribution in [3.63, 3.8) is 0 Å². The molecular formula is C13H11Cl2NO. The summed E-state index contributed by atoms with van der Waals surface area (Å²) < 4.78 is 0. The number of benzene rings is 1. The van der Waals surface area contributed by atoms with E-state index in [9.17, 15) is 5.11 Å². The molecule has 1 N–H and O–H groups in total. The molecule has 0 bridgehead atoms. The lowest BCUT2D eigenvalue weighted by Gasteiger charge is -2.21. The first-order valence-corrected chi connectivity index (χ1v) is 6.38. The molecule has 0 saturated carbocycles. The molecule has 0 saturated heterocycles. The number of nitrogens with zero attached hydrogens (tertiary/aromatic N) is 1. The van der Waals surface area contributed by atoms with Crippen molar-refractivity contribution in [1.82, 2.24) is 4.98 Å². The fourth-order valence-electron chi connectivity index (χ4n) is 2.35. The van der Waals surface area contributed by atoms with Gasteiger partial charge in [-0.2, -0.15) is 0 Å². The van der Waals surface area contributed by atoms with E-state index < -0.39 is 6.10 Å². The molecule has 0 aliphatic heterocycles. The Hall–Kier alpha value is -0.830. The van der Waals surface area contributed by atoms with Gasteiger partial charge in [-0.3, -0.25) is 0 Å². The summed E-state index contributed by atoms with van der Waals surface area (Å²) in [6.45, 7) is 0. The van der Waals surface area contributed by atoms with Crippen molar-refractivity contribution in [1.29, 1.82) is 0 Å². The molecule has 0 fully saturated rings. The van der Waals surface area contributed by atoms with Crippen LogP contribution in [0.1, 0.15) is 30.2 Å². The molecule has 1 aromatic heterocycles. The number of fused-ring (bicyclic) bond motifs is 2. The van der Waals surface area contributed by atoms with Gasteiger partial charge >= 0.3 is 0 Å². The highest BCUT2D eigenvalue weighted by atomic mass is 35.5. The van der Waals surface area contributed by atoms with Crippen LogP contribution in [0.15, 0.2) is 18.2 Å². The van der Waals surface area contributed by atoms with Crippen molar-refractivity contribution in [2.45, 2.75) is 25.4 Å². The number of hydrogen-bond donors (Lipinski definition) is 1. The van der Waals surface area contributed by atoms with Gasteiger partial charge in [0.15, 0.2) is 0 Å². The van der Waals surface area contributed by atoms with Crippen molar-refractivity contribution < 1.29 is 5.11 Å². The Morgan fingerprint density at radius 2 is 2.12 bits per heavy atom. The fourth-order valence-corrected chi connectivity index (χ4v) is 2.73. The smallest absolute Gasteiger partial charge is 0.0962 e. The third kappa shape index (κ3) is 1.81. The van der Waals surface area contributed by atoms with Crippen molar-refractivity contribution in [2.75, 3.05) is 0 Å². The van der Waals surface area contributed by atoms with Gasteiger partial charge in [0.25, 0.3) is 0 Å². The summed E-state index contributed by atoms with van der Waals surface area (Å²) in [5, 5.41) is 11.9. The molecule has 17 heavy (non-hydrogen) atoms. The van der Waals surface area contributed by atoms with E-state index in [0.717, 1.165) is 41.4 Å². The molecule has 88 valence electrons. The van der Waals surface area contributed by atoms with Crippen molar-refractivity contribution >= 4 is 34.1 Å². The summed E-state index contributed by atoms with van der Waals surface area (Å²) in [6, 6.07) is 5.58. The quantitative estimate of drug-likeness (QED) is 0.785. The van der Waals surface area contributed by atoms with Crippen LogP contribution >= 0.6 is 23.2 Å². The number of aliphatic hydroxyl groups is 1. The SMILES string of the molecule is OC1CCCc2cc3c(Cl)c(Cl)ccc3nc21. The maximum atomic E-state index is 9.92. The molecule has 0 spiro atoms. The Bertz CT molecular complexity index is 597. The van der Waals surface area contributed by atoms with E-state index in [1.165, 1.54) is 0 Å². The predicted molar refractivity (Wildman–Crippen MR) is 69.7 cm³/mol. The Labute approximate surface area is 109 Å². The van der Waals surface area contributed by atoms with E-state index in [1.54, 1.807) is 6.07 Å². The second-order valence-corrected chi connectivity index (χ2v) is 5.15. The van der Waals surface area contributed by atoms with E-state index >= 15 is 0 Å². The summed E-state index contributed by atoms with van der Waals surface area (Å²) >= 11 is 12.2. The molecule has 2 aromatic rings. The molecule has 1 unspecified atom stereocenters. The number of aryl methyl sites for hydroxylation is 1. The van der Waals surface area contributed by atoms with E-state index in [0.29, 0.717) is 10.0 Å². The van der Waals surface area contributed by atoms with Gasteiger partial charge in [0.05, 0.1) is 27.4 Å². The van der Waals surface area contributed by atoms with Crippen molar-refractivity contribution in [3.05, 3.63) is 39.5 Å². The van der Waals surface area contributed by atoms with Crippen LogP contribution in [-0.2, 0) is 6.42 Å². The number of hydrogen-bond acceptors (Lipinski definition) is 2. The zero-order valence-corrected chi connectivity index (χ0v) is 10.6. The normalized spacial score (nSPS) is 19.4. The molecule has 1 aliphatic carbocycles. The topological polar surface area (TPSA) is 33.1 Å². The van der Waals surface area contributed by atoms with Crippen LogP contribution in [0.5, 0.6) is 0 Å². The fraction of sp³-hybridized carbons (Fsp3) is 0.308. The van der Waals surface area contributed by atoms with Crippen LogP contribution in [0.25, 0.3) is 10.9 Å². The number of aliphatic hydroxyl groups excluding tert-OH is 1. The van der Waals surface area contributed by atoms with Gasteiger partial charge in [-0.25, -0.2) is 4.98 Å². The van der Waals surface area contributed by atoms with E-state index in [2.05, 4.69) is 4.98 Å². The van der Waals surface area contributed by atoms with E-state index in [1.807, 2.05) is 12.1 Å². The first-order chi connectivity index (χ1) is 8.16.